The van der Waals surface area contributed by atoms with Crippen LogP contribution in [0.4, 0.5) is 18.9 Å². The van der Waals surface area contributed by atoms with Gasteiger partial charge >= 0.3 is 11.9 Å². The average Bonchev–Trinajstić information content (AvgIpc) is 3.09. The van der Waals surface area contributed by atoms with Gasteiger partial charge in [0.15, 0.2) is 17.8 Å². The monoisotopic (exact) mass is 439 g/mol. The first kappa shape index (κ1) is 22.4. The van der Waals surface area contributed by atoms with Crippen LogP contribution in [0.1, 0.15) is 32.5 Å². The molecule has 2 N–H and O–H groups in total. The van der Waals surface area contributed by atoms with Crippen LogP contribution in [-0.2, 0) is 19.6 Å². The molecular formula is C20H24F3N5O3. The Morgan fingerprint density at radius 3 is 2.58 bits per heavy atom. The maximum Gasteiger partial charge on any atom is 0.422 e. The van der Waals surface area contributed by atoms with Gasteiger partial charge in [0.05, 0.1) is 12.2 Å². The highest BCUT2D eigenvalue weighted by Gasteiger charge is 2.28. The fourth-order valence-electron chi connectivity index (χ4n) is 3.29. The largest absolute Gasteiger partial charge is 0.482 e. The number of anilines is 1. The third-order valence-electron chi connectivity index (χ3n) is 4.73. The Balaban J connectivity index is 1.94. The summed E-state index contributed by atoms with van der Waals surface area (Å²) in [6.45, 7) is 3.39. The van der Waals surface area contributed by atoms with Gasteiger partial charge in [-0.25, -0.2) is 9.78 Å². The van der Waals surface area contributed by atoms with Crippen molar-refractivity contribution in [3.8, 4) is 5.75 Å². The number of hydrogen-bond donors (Lipinski definition) is 2. The molecule has 0 saturated heterocycles. The molecule has 0 aliphatic rings. The van der Waals surface area contributed by atoms with Gasteiger partial charge in [-0.15, -0.1) is 0 Å². The topological polar surface area (TPSA) is 93.9 Å². The summed E-state index contributed by atoms with van der Waals surface area (Å²) >= 11 is 0. The van der Waals surface area contributed by atoms with Crippen LogP contribution in [0.25, 0.3) is 11.2 Å². The van der Waals surface area contributed by atoms with Crippen LogP contribution < -0.4 is 21.3 Å². The Kier molecular flexibility index (Phi) is 6.71. The molecule has 0 saturated carbocycles. The summed E-state index contributed by atoms with van der Waals surface area (Å²) in [5.41, 5.74) is -0.0998. The lowest BCUT2D eigenvalue weighted by molar-refractivity contribution is -0.153. The van der Waals surface area contributed by atoms with Crippen molar-refractivity contribution in [2.45, 2.75) is 52.5 Å². The lowest BCUT2D eigenvalue weighted by Crippen LogP contribution is -2.31. The number of nitrogens with one attached hydrogen (secondary N) is 2. The van der Waals surface area contributed by atoms with Crippen molar-refractivity contribution in [3.05, 3.63) is 50.9 Å². The highest BCUT2D eigenvalue weighted by atomic mass is 19.4. The van der Waals surface area contributed by atoms with Crippen molar-refractivity contribution < 1.29 is 17.9 Å². The normalized spacial score (nSPS) is 11.8. The number of rotatable bonds is 9. The van der Waals surface area contributed by atoms with Gasteiger partial charge in [0, 0.05) is 13.1 Å². The molecule has 0 bridgehead atoms. The Labute approximate surface area is 175 Å². The second kappa shape index (κ2) is 9.27. The molecule has 3 aromatic rings. The first-order valence-corrected chi connectivity index (χ1v) is 9.99. The summed E-state index contributed by atoms with van der Waals surface area (Å²) in [7, 11) is 0. The summed E-state index contributed by atoms with van der Waals surface area (Å²) < 4.78 is 45.6. The van der Waals surface area contributed by atoms with E-state index in [1.807, 2.05) is 13.8 Å². The van der Waals surface area contributed by atoms with E-state index in [4.69, 9.17) is 4.74 Å². The maximum atomic E-state index is 12.5. The number of benzene rings is 1. The zero-order chi connectivity index (χ0) is 22.6. The number of ether oxygens (including phenoxy) is 1. The van der Waals surface area contributed by atoms with E-state index in [0.29, 0.717) is 30.2 Å². The van der Waals surface area contributed by atoms with E-state index in [1.54, 1.807) is 22.8 Å². The number of aromatic nitrogens is 4. The predicted molar refractivity (Wildman–Crippen MR) is 111 cm³/mol. The van der Waals surface area contributed by atoms with Crippen molar-refractivity contribution in [1.82, 2.24) is 19.1 Å². The standard InChI is InChI=1S/C20H24F3N5O3/c1-3-5-10-28-17-16(18(29)26-19(28)30)27(4-2)15(25-17)11-24-13-8-6-7-9-14(13)31-12-20(21,22)23/h6-9,24H,3-5,10-12H2,1-2H3,(H,26,29,30). The molecule has 0 aliphatic heterocycles. The Morgan fingerprint density at radius 1 is 1.16 bits per heavy atom. The Hall–Kier alpha value is -3.24. The number of halogens is 3. The molecule has 0 aliphatic carbocycles. The van der Waals surface area contributed by atoms with E-state index in [1.165, 1.54) is 10.6 Å². The summed E-state index contributed by atoms with van der Waals surface area (Å²) in [5, 5.41) is 3.02. The molecule has 31 heavy (non-hydrogen) atoms. The summed E-state index contributed by atoms with van der Waals surface area (Å²) in [5.74, 6) is 0.529. The van der Waals surface area contributed by atoms with Crippen LogP contribution in [-0.4, -0.2) is 31.9 Å². The van der Waals surface area contributed by atoms with Crippen LogP contribution in [0, 0.1) is 0 Å². The number of H-pyrrole nitrogens is 1. The predicted octanol–water partition coefficient (Wildman–Crippen LogP) is 3.26. The van der Waals surface area contributed by atoms with E-state index in [9.17, 15) is 22.8 Å². The third kappa shape index (κ3) is 5.09. The van der Waals surface area contributed by atoms with E-state index >= 15 is 0 Å². The van der Waals surface area contributed by atoms with E-state index < -0.39 is 24.0 Å². The molecule has 168 valence electrons. The van der Waals surface area contributed by atoms with Gasteiger partial charge < -0.3 is 14.6 Å². The van der Waals surface area contributed by atoms with Gasteiger partial charge in [-0.05, 0) is 25.5 Å². The maximum absolute atomic E-state index is 12.5. The molecule has 0 radical (unpaired) electrons. The van der Waals surface area contributed by atoms with Crippen LogP contribution in [0.3, 0.4) is 0 Å². The second-order valence-corrected chi connectivity index (χ2v) is 6.96. The van der Waals surface area contributed by atoms with E-state index in [2.05, 4.69) is 15.3 Å². The molecule has 8 nitrogen and oxygen atoms in total. The number of aryl methyl sites for hydroxylation is 2. The molecule has 0 unspecified atom stereocenters. The Morgan fingerprint density at radius 2 is 1.90 bits per heavy atom. The van der Waals surface area contributed by atoms with Gasteiger partial charge in [-0.3, -0.25) is 14.3 Å². The third-order valence-corrected chi connectivity index (χ3v) is 4.73. The first-order chi connectivity index (χ1) is 14.7. The molecule has 1 aromatic carbocycles. The zero-order valence-electron chi connectivity index (χ0n) is 17.3. The molecule has 0 spiro atoms. The summed E-state index contributed by atoms with van der Waals surface area (Å²) in [6.07, 6.45) is -2.84. The van der Waals surface area contributed by atoms with Crippen molar-refractivity contribution >= 4 is 16.9 Å². The Bertz CT molecular complexity index is 1160. The summed E-state index contributed by atoms with van der Waals surface area (Å²) in [6, 6.07) is 6.27. The van der Waals surface area contributed by atoms with Crippen molar-refractivity contribution in [2.24, 2.45) is 0 Å². The van der Waals surface area contributed by atoms with Crippen LogP contribution >= 0.6 is 0 Å². The molecule has 2 aromatic heterocycles. The number of unbranched alkanes of at least 4 members (excludes halogenated alkanes) is 1. The quantitative estimate of drug-likeness (QED) is 0.534. The number of fused-ring (bicyclic) bond motifs is 1. The van der Waals surface area contributed by atoms with Gasteiger partial charge in [-0.1, -0.05) is 25.5 Å². The van der Waals surface area contributed by atoms with E-state index in [0.717, 1.165) is 12.8 Å². The molecule has 0 amide bonds. The number of imidazole rings is 1. The van der Waals surface area contributed by atoms with Crippen molar-refractivity contribution in [3.63, 3.8) is 0 Å². The van der Waals surface area contributed by atoms with Gasteiger partial charge in [0.2, 0.25) is 0 Å². The SMILES string of the molecule is CCCCn1c(=O)[nH]c(=O)c2c1nc(CNc1ccccc1OCC(F)(F)F)n2CC. The van der Waals surface area contributed by atoms with Crippen LogP contribution in [0.5, 0.6) is 5.75 Å². The van der Waals surface area contributed by atoms with Crippen LogP contribution in [0.15, 0.2) is 33.9 Å². The molecular weight excluding hydrogens is 415 g/mol. The first-order valence-electron chi connectivity index (χ1n) is 9.99. The molecule has 0 fully saturated rings. The minimum absolute atomic E-state index is 0.0525. The van der Waals surface area contributed by atoms with E-state index in [-0.39, 0.29) is 17.8 Å². The van der Waals surface area contributed by atoms with Crippen molar-refractivity contribution in [2.75, 3.05) is 11.9 Å². The fraction of sp³-hybridized carbons (Fsp3) is 0.450. The molecule has 11 heteroatoms. The lowest BCUT2D eigenvalue weighted by Gasteiger charge is -2.14. The minimum Gasteiger partial charge on any atom is -0.482 e. The zero-order valence-corrected chi connectivity index (χ0v) is 17.3. The van der Waals surface area contributed by atoms with Gasteiger partial charge in [0.25, 0.3) is 5.56 Å². The number of aromatic amines is 1. The molecule has 2 heterocycles. The molecule has 3 rings (SSSR count). The number of para-hydroxylation sites is 2. The van der Waals surface area contributed by atoms with Gasteiger partial charge in [-0.2, -0.15) is 13.2 Å². The highest BCUT2D eigenvalue weighted by Crippen LogP contribution is 2.27. The fourth-order valence-corrected chi connectivity index (χ4v) is 3.29. The smallest absolute Gasteiger partial charge is 0.422 e. The number of alkyl halides is 3. The number of hydrogen-bond acceptors (Lipinski definition) is 5. The number of nitrogens with zero attached hydrogens (tertiary/aromatic N) is 3. The van der Waals surface area contributed by atoms with Crippen molar-refractivity contribution in [1.29, 1.82) is 0 Å². The minimum atomic E-state index is -4.45. The molecule has 0 atom stereocenters. The highest BCUT2D eigenvalue weighted by molar-refractivity contribution is 5.71. The average molecular weight is 439 g/mol. The second-order valence-electron chi connectivity index (χ2n) is 6.96. The van der Waals surface area contributed by atoms with Gasteiger partial charge in [0.1, 0.15) is 11.6 Å². The lowest BCUT2D eigenvalue weighted by atomic mass is 10.3. The summed E-state index contributed by atoms with van der Waals surface area (Å²) in [4.78, 5) is 31.6. The van der Waals surface area contributed by atoms with Crippen LogP contribution in [0.2, 0.25) is 0 Å².